The summed E-state index contributed by atoms with van der Waals surface area (Å²) in [6.45, 7) is 1.31. The third-order valence-electron chi connectivity index (χ3n) is 2.24. The number of benzene rings is 1. The number of nitrogens with two attached hydrogens (primary N) is 1. The van der Waals surface area contributed by atoms with E-state index in [9.17, 15) is 13.6 Å². The fourth-order valence-electron chi connectivity index (χ4n) is 1.27. The quantitative estimate of drug-likeness (QED) is 0.812. The van der Waals surface area contributed by atoms with E-state index in [1.54, 1.807) is 0 Å². The van der Waals surface area contributed by atoms with Crippen LogP contribution in [0.1, 0.15) is 18.5 Å². The summed E-state index contributed by atoms with van der Waals surface area (Å²) >= 11 is 8.85. The Kier molecular flexibility index (Phi) is 7.21. The maximum Gasteiger partial charge on any atom is 0.379 e. The van der Waals surface area contributed by atoms with Crippen molar-refractivity contribution in [3.63, 3.8) is 0 Å². The minimum absolute atomic E-state index is 0. The van der Waals surface area contributed by atoms with Gasteiger partial charge in [0, 0.05) is 4.47 Å². The van der Waals surface area contributed by atoms with Crippen molar-refractivity contribution in [3.8, 4) is 0 Å². The molecule has 2 N–H and O–H groups in total. The summed E-state index contributed by atoms with van der Waals surface area (Å²) in [5.74, 6) is -5.42. The number of carbonyl (C=O) groups excluding carboxylic acids is 1. The van der Waals surface area contributed by atoms with E-state index in [1.165, 1.54) is 25.1 Å². The first-order valence-electron chi connectivity index (χ1n) is 5.06. The van der Waals surface area contributed by atoms with Gasteiger partial charge in [-0.2, -0.15) is 8.78 Å². The molecule has 1 atom stereocenters. The van der Waals surface area contributed by atoms with Crippen molar-refractivity contribution < 1.29 is 18.3 Å². The smallest absolute Gasteiger partial charge is 0.379 e. The van der Waals surface area contributed by atoms with Crippen molar-refractivity contribution >= 4 is 45.9 Å². The average molecular weight is 379 g/mol. The molecule has 0 heterocycles. The third kappa shape index (κ3) is 4.27. The topological polar surface area (TPSA) is 52.3 Å². The van der Waals surface area contributed by atoms with Crippen LogP contribution in [0.25, 0.3) is 0 Å². The van der Waals surface area contributed by atoms with Crippen molar-refractivity contribution in [2.75, 3.05) is 6.61 Å². The Morgan fingerprint density at radius 1 is 1.58 bits per heavy atom. The summed E-state index contributed by atoms with van der Waals surface area (Å²) < 4.78 is 32.1. The van der Waals surface area contributed by atoms with E-state index in [1.807, 2.05) is 0 Å². The van der Waals surface area contributed by atoms with Gasteiger partial charge >= 0.3 is 11.9 Å². The molecule has 0 saturated heterocycles. The second kappa shape index (κ2) is 7.38. The lowest BCUT2D eigenvalue weighted by molar-refractivity contribution is -0.174. The molecular weight excluding hydrogens is 367 g/mol. The molecule has 0 radical (unpaired) electrons. The SMILES string of the molecule is CCOC(=O)C(F)(F)[C@H](N)c1ccc(Cl)c(Br)c1.Cl. The van der Waals surface area contributed by atoms with Gasteiger partial charge < -0.3 is 10.5 Å². The molecule has 8 heteroatoms. The van der Waals surface area contributed by atoms with Crippen molar-refractivity contribution in [2.45, 2.75) is 18.9 Å². The van der Waals surface area contributed by atoms with Crippen molar-refractivity contribution in [3.05, 3.63) is 33.3 Å². The molecule has 108 valence electrons. The summed E-state index contributed by atoms with van der Waals surface area (Å²) in [4.78, 5) is 11.1. The molecule has 0 bridgehead atoms. The Morgan fingerprint density at radius 3 is 2.63 bits per heavy atom. The van der Waals surface area contributed by atoms with Crippen LogP contribution < -0.4 is 5.73 Å². The van der Waals surface area contributed by atoms with Gasteiger partial charge in [0.1, 0.15) is 6.04 Å². The van der Waals surface area contributed by atoms with Gasteiger partial charge in [0.2, 0.25) is 0 Å². The molecule has 1 aromatic carbocycles. The standard InChI is InChI=1S/C11H11BrClF2NO2.ClH/c1-2-18-10(17)11(14,15)9(16)6-3-4-8(13)7(12)5-6;/h3-5,9H,2,16H2,1H3;1H/t9-;/m1./s1. The van der Waals surface area contributed by atoms with E-state index in [4.69, 9.17) is 17.3 Å². The molecule has 0 unspecified atom stereocenters. The maximum absolute atomic E-state index is 13.7. The molecule has 0 aliphatic carbocycles. The van der Waals surface area contributed by atoms with E-state index >= 15 is 0 Å². The average Bonchev–Trinajstić information content (AvgIpc) is 2.32. The summed E-state index contributed by atoms with van der Waals surface area (Å²) in [5, 5.41) is 0.366. The van der Waals surface area contributed by atoms with Crippen LogP contribution in [0.2, 0.25) is 5.02 Å². The summed E-state index contributed by atoms with van der Waals surface area (Å²) in [6, 6.07) is 2.32. The first-order valence-corrected chi connectivity index (χ1v) is 6.23. The second-order valence-corrected chi connectivity index (χ2v) is 4.76. The van der Waals surface area contributed by atoms with Crippen LogP contribution in [0, 0.1) is 0 Å². The zero-order chi connectivity index (χ0) is 13.9. The maximum atomic E-state index is 13.7. The minimum atomic E-state index is -3.79. The Morgan fingerprint density at radius 2 is 2.16 bits per heavy atom. The lowest BCUT2D eigenvalue weighted by atomic mass is 10.0. The van der Waals surface area contributed by atoms with Crippen molar-refractivity contribution in [1.82, 2.24) is 0 Å². The van der Waals surface area contributed by atoms with Gasteiger partial charge in [-0.15, -0.1) is 12.4 Å². The largest absolute Gasteiger partial charge is 0.462 e. The Bertz CT molecular complexity index is 460. The lowest BCUT2D eigenvalue weighted by Gasteiger charge is -2.22. The number of hydrogen-bond donors (Lipinski definition) is 1. The van der Waals surface area contributed by atoms with Crippen LogP contribution in [0.4, 0.5) is 8.78 Å². The number of rotatable bonds is 4. The third-order valence-corrected chi connectivity index (χ3v) is 3.45. The highest BCUT2D eigenvalue weighted by molar-refractivity contribution is 9.10. The van der Waals surface area contributed by atoms with E-state index in [-0.39, 0.29) is 24.6 Å². The molecule has 0 fully saturated rings. The van der Waals surface area contributed by atoms with Crippen LogP contribution in [-0.2, 0) is 9.53 Å². The fourth-order valence-corrected chi connectivity index (χ4v) is 1.78. The molecule has 0 spiro atoms. The molecule has 0 aliphatic heterocycles. The number of ether oxygens (including phenoxy) is 1. The number of alkyl halides is 2. The van der Waals surface area contributed by atoms with Gasteiger partial charge in [0.25, 0.3) is 0 Å². The summed E-state index contributed by atoms with van der Waals surface area (Å²) in [5.41, 5.74) is 5.50. The molecule has 19 heavy (non-hydrogen) atoms. The zero-order valence-electron chi connectivity index (χ0n) is 9.83. The van der Waals surface area contributed by atoms with Gasteiger partial charge in [-0.1, -0.05) is 17.7 Å². The molecule has 3 nitrogen and oxygen atoms in total. The summed E-state index contributed by atoms with van der Waals surface area (Å²) in [7, 11) is 0. The lowest BCUT2D eigenvalue weighted by Crippen LogP contribution is -2.41. The van der Waals surface area contributed by atoms with E-state index < -0.39 is 17.9 Å². The van der Waals surface area contributed by atoms with Gasteiger partial charge in [0.05, 0.1) is 11.6 Å². The second-order valence-electron chi connectivity index (χ2n) is 3.49. The van der Waals surface area contributed by atoms with E-state index in [2.05, 4.69) is 20.7 Å². The van der Waals surface area contributed by atoms with Crippen molar-refractivity contribution in [2.24, 2.45) is 5.73 Å². The molecule has 1 aromatic rings. The molecule has 0 saturated carbocycles. The fraction of sp³-hybridized carbons (Fsp3) is 0.364. The van der Waals surface area contributed by atoms with Gasteiger partial charge in [-0.25, -0.2) is 4.79 Å². The van der Waals surface area contributed by atoms with Crippen molar-refractivity contribution in [1.29, 1.82) is 0 Å². The normalized spacial score (nSPS) is 12.5. The van der Waals surface area contributed by atoms with Crippen LogP contribution in [0.5, 0.6) is 0 Å². The Hall–Kier alpha value is -0.430. The monoisotopic (exact) mass is 377 g/mol. The molecule has 0 aliphatic rings. The molecule has 0 amide bonds. The Labute approximate surface area is 129 Å². The summed E-state index contributed by atoms with van der Waals surface area (Å²) in [6.07, 6.45) is 0. The molecule has 1 rings (SSSR count). The highest BCUT2D eigenvalue weighted by Crippen LogP contribution is 2.33. The predicted molar refractivity (Wildman–Crippen MR) is 74.9 cm³/mol. The van der Waals surface area contributed by atoms with Gasteiger partial charge in [0.15, 0.2) is 0 Å². The number of hydrogen-bond acceptors (Lipinski definition) is 3. The highest BCUT2D eigenvalue weighted by atomic mass is 79.9. The first-order chi connectivity index (χ1) is 8.30. The van der Waals surface area contributed by atoms with Crippen LogP contribution in [-0.4, -0.2) is 18.5 Å². The first kappa shape index (κ1) is 18.6. The minimum Gasteiger partial charge on any atom is -0.462 e. The highest BCUT2D eigenvalue weighted by Gasteiger charge is 2.47. The van der Waals surface area contributed by atoms with Crippen LogP contribution >= 0.6 is 39.9 Å². The molecular formula is C11H12BrCl2F2NO2. The Balaban J connectivity index is 0.00000324. The van der Waals surface area contributed by atoms with E-state index in [0.29, 0.717) is 9.50 Å². The zero-order valence-corrected chi connectivity index (χ0v) is 13.0. The number of esters is 1. The van der Waals surface area contributed by atoms with E-state index in [0.717, 1.165) is 0 Å². The van der Waals surface area contributed by atoms with Gasteiger partial charge in [-0.05, 0) is 40.5 Å². The van der Waals surface area contributed by atoms with Gasteiger partial charge in [-0.3, -0.25) is 0 Å². The van der Waals surface area contributed by atoms with Crippen LogP contribution in [0.3, 0.4) is 0 Å². The number of carbonyl (C=O) groups is 1. The van der Waals surface area contributed by atoms with Crippen LogP contribution in [0.15, 0.2) is 22.7 Å². The predicted octanol–water partition coefficient (Wildman–Crippen LogP) is 3.72. The number of halogens is 5. The molecule has 0 aromatic heterocycles.